The Labute approximate surface area is 121 Å². The van der Waals surface area contributed by atoms with Gasteiger partial charge in [-0.05, 0) is 42.2 Å². The largest absolute Gasteiger partial charge is 0.461 e. The summed E-state index contributed by atoms with van der Waals surface area (Å²) in [6.07, 6.45) is 2.31. The lowest BCUT2D eigenvalue weighted by atomic mass is 10.1. The van der Waals surface area contributed by atoms with Gasteiger partial charge >= 0.3 is 0 Å². The molecule has 0 bridgehead atoms. The number of hydrogen-bond donors (Lipinski definition) is 0. The van der Waals surface area contributed by atoms with Crippen LogP contribution in [0.3, 0.4) is 0 Å². The van der Waals surface area contributed by atoms with E-state index in [0.29, 0.717) is 12.2 Å². The molecule has 1 aromatic heterocycles. The molecule has 0 aliphatic carbocycles. The molecule has 0 radical (unpaired) electrons. The van der Waals surface area contributed by atoms with E-state index in [4.69, 9.17) is 8.84 Å². The minimum atomic E-state index is -1.72. The van der Waals surface area contributed by atoms with Crippen molar-refractivity contribution in [2.75, 3.05) is 6.61 Å². The predicted octanol–water partition coefficient (Wildman–Crippen LogP) is 5.14. The molecule has 1 heterocycles. The third kappa shape index (κ3) is 2.96. The molecule has 0 fully saturated rings. The van der Waals surface area contributed by atoms with Crippen LogP contribution in [-0.2, 0) is 10.8 Å². The molecule has 0 saturated heterocycles. The van der Waals surface area contributed by atoms with Crippen LogP contribution >= 0.6 is 0 Å². The van der Waals surface area contributed by atoms with E-state index in [1.54, 1.807) is 0 Å². The molecule has 1 aromatic carbocycles. The Balaban J connectivity index is 2.08. The van der Waals surface area contributed by atoms with Crippen LogP contribution in [0.15, 0.2) is 28.9 Å². The van der Waals surface area contributed by atoms with Gasteiger partial charge in [-0.15, -0.1) is 0 Å². The Morgan fingerprint density at radius 3 is 2.55 bits per heavy atom. The number of hydrogen-bond acceptors (Lipinski definition) is 2. The van der Waals surface area contributed by atoms with Crippen molar-refractivity contribution < 1.29 is 13.2 Å². The summed E-state index contributed by atoms with van der Waals surface area (Å²) in [5.41, 5.74) is 1.42. The molecule has 2 nitrogen and oxygen atoms in total. The molecule has 2 aromatic rings. The van der Waals surface area contributed by atoms with Crippen molar-refractivity contribution in [2.45, 2.75) is 45.3 Å². The van der Waals surface area contributed by atoms with Crippen molar-refractivity contribution in [3.05, 3.63) is 35.8 Å². The van der Waals surface area contributed by atoms with E-state index in [1.165, 1.54) is 12.3 Å². The molecule has 0 aliphatic rings. The first kappa shape index (κ1) is 15.3. The molecule has 0 spiro atoms. The van der Waals surface area contributed by atoms with Crippen LogP contribution in [0.4, 0.5) is 4.39 Å². The van der Waals surface area contributed by atoms with Crippen LogP contribution in [-0.4, -0.2) is 14.9 Å². The highest BCUT2D eigenvalue weighted by Gasteiger charge is 2.36. The van der Waals surface area contributed by atoms with Gasteiger partial charge in [0.2, 0.25) is 0 Å². The maximum Gasteiger partial charge on any atom is 0.191 e. The average molecular weight is 294 g/mol. The second-order valence-electron chi connectivity index (χ2n) is 6.73. The summed E-state index contributed by atoms with van der Waals surface area (Å²) in [5, 5.41) is 1.06. The fourth-order valence-electron chi connectivity index (χ4n) is 1.94. The quantitative estimate of drug-likeness (QED) is 0.729. The summed E-state index contributed by atoms with van der Waals surface area (Å²) in [7, 11) is -1.72. The maximum atomic E-state index is 13.5. The minimum absolute atomic E-state index is 0.209. The predicted molar refractivity (Wildman–Crippen MR) is 83.0 cm³/mol. The highest BCUT2D eigenvalue weighted by molar-refractivity contribution is 6.74. The molecule has 0 N–H and O–H groups in total. The van der Waals surface area contributed by atoms with Gasteiger partial charge in [0, 0.05) is 12.0 Å². The van der Waals surface area contributed by atoms with E-state index in [0.717, 1.165) is 17.4 Å². The van der Waals surface area contributed by atoms with Gasteiger partial charge in [-0.25, -0.2) is 4.39 Å². The molecule has 2 rings (SSSR count). The van der Waals surface area contributed by atoms with Gasteiger partial charge in [-0.3, -0.25) is 0 Å². The molecule has 4 heteroatoms. The summed E-state index contributed by atoms with van der Waals surface area (Å²) >= 11 is 0. The van der Waals surface area contributed by atoms with Gasteiger partial charge in [-0.2, -0.15) is 0 Å². The minimum Gasteiger partial charge on any atom is -0.461 e. The first-order chi connectivity index (χ1) is 9.22. The standard InChI is InChI=1S/C16H23FO2Si/c1-16(2,3)20(4,5)19-11-8-12-6-7-14(17)15-13(12)9-10-18-15/h6-7,9-10H,8,11H2,1-5H3. The zero-order valence-corrected chi connectivity index (χ0v) is 13.9. The molecule has 110 valence electrons. The average Bonchev–Trinajstić information content (AvgIpc) is 2.80. The lowest BCUT2D eigenvalue weighted by Gasteiger charge is -2.36. The normalized spacial score (nSPS) is 13.1. The number of fused-ring (bicyclic) bond motifs is 1. The van der Waals surface area contributed by atoms with Crippen molar-refractivity contribution in [1.29, 1.82) is 0 Å². The third-order valence-corrected chi connectivity index (χ3v) is 8.84. The lowest BCUT2D eigenvalue weighted by Crippen LogP contribution is -2.41. The fourth-order valence-corrected chi connectivity index (χ4v) is 2.98. The van der Waals surface area contributed by atoms with Gasteiger partial charge in [0.15, 0.2) is 19.7 Å². The summed E-state index contributed by atoms with van der Waals surface area (Å²) in [5.74, 6) is -0.306. The SMILES string of the molecule is CC(C)(C)[Si](C)(C)OCCc1ccc(F)c2occc12. The number of benzene rings is 1. The highest BCUT2D eigenvalue weighted by Crippen LogP contribution is 2.36. The fraction of sp³-hybridized carbons (Fsp3) is 0.500. The van der Waals surface area contributed by atoms with Gasteiger partial charge < -0.3 is 8.84 Å². The van der Waals surface area contributed by atoms with E-state index in [2.05, 4.69) is 33.9 Å². The monoisotopic (exact) mass is 294 g/mol. The Kier molecular flexibility index (Phi) is 4.07. The van der Waals surface area contributed by atoms with E-state index in [1.807, 2.05) is 12.1 Å². The van der Waals surface area contributed by atoms with Crippen LogP contribution in [0.5, 0.6) is 0 Å². The molecule has 0 saturated carbocycles. The maximum absolute atomic E-state index is 13.5. The van der Waals surface area contributed by atoms with E-state index >= 15 is 0 Å². The summed E-state index contributed by atoms with van der Waals surface area (Å²) in [4.78, 5) is 0. The van der Waals surface area contributed by atoms with Gasteiger partial charge in [-0.1, -0.05) is 26.8 Å². The molecular weight excluding hydrogens is 271 g/mol. The molecule has 0 atom stereocenters. The summed E-state index contributed by atoms with van der Waals surface area (Å²) in [6, 6.07) is 5.11. The first-order valence-electron chi connectivity index (χ1n) is 7.01. The molecular formula is C16H23FO2Si. The lowest BCUT2D eigenvalue weighted by molar-refractivity contribution is 0.292. The zero-order valence-electron chi connectivity index (χ0n) is 12.9. The first-order valence-corrected chi connectivity index (χ1v) is 9.92. The van der Waals surface area contributed by atoms with Crippen LogP contribution < -0.4 is 0 Å². The van der Waals surface area contributed by atoms with Crippen LogP contribution in [0.25, 0.3) is 11.0 Å². The Morgan fingerprint density at radius 1 is 1.20 bits per heavy atom. The van der Waals surface area contributed by atoms with Crippen LogP contribution in [0.1, 0.15) is 26.3 Å². The van der Waals surface area contributed by atoms with Crippen molar-refractivity contribution in [2.24, 2.45) is 0 Å². The Hall–Kier alpha value is -1.13. The molecule has 0 amide bonds. The Morgan fingerprint density at radius 2 is 1.90 bits per heavy atom. The van der Waals surface area contributed by atoms with Crippen LogP contribution in [0.2, 0.25) is 18.1 Å². The highest BCUT2D eigenvalue weighted by atomic mass is 28.4. The van der Waals surface area contributed by atoms with Gasteiger partial charge in [0.1, 0.15) is 0 Å². The molecule has 0 aliphatic heterocycles. The van der Waals surface area contributed by atoms with E-state index in [-0.39, 0.29) is 10.9 Å². The summed E-state index contributed by atoms with van der Waals surface area (Å²) < 4.78 is 24.9. The number of furan rings is 1. The van der Waals surface area contributed by atoms with Crippen LogP contribution in [0, 0.1) is 5.82 Å². The number of rotatable bonds is 4. The topological polar surface area (TPSA) is 22.4 Å². The molecule has 0 unspecified atom stereocenters. The second-order valence-corrected chi connectivity index (χ2v) is 11.5. The smallest absolute Gasteiger partial charge is 0.191 e. The van der Waals surface area contributed by atoms with Crippen molar-refractivity contribution in [1.82, 2.24) is 0 Å². The van der Waals surface area contributed by atoms with E-state index in [9.17, 15) is 4.39 Å². The summed E-state index contributed by atoms with van der Waals surface area (Å²) in [6.45, 7) is 11.8. The Bertz CT molecular complexity index is 596. The zero-order chi connectivity index (χ0) is 15.0. The third-order valence-electron chi connectivity index (χ3n) is 4.30. The number of halogens is 1. The van der Waals surface area contributed by atoms with Crippen molar-refractivity contribution in [3.63, 3.8) is 0 Å². The molecule has 20 heavy (non-hydrogen) atoms. The van der Waals surface area contributed by atoms with E-state index < -0.39 is 8.32 Å². The van der Waals surface area contributed by atoms with Crippen molar-refractivity contribution in [3.8, 4) is 0 Å². The van der Waals surface area contributed by atoms with Crippen molar-refractivity contribution >= 4 is 19.3 Å². The van der Waals surface area contributed by atoms with Gasteiger partial charge in [0.25, 0.3) is 0 Å². The van der Waals surface area contributed by atoms with Gasteiger partial charge in [0.05, 0.1) is 6.26 Å². The second kappa shape index (κ2) is 5.33.